The van der Waals surface area contributed by atoms with E-state index in [1.165, 1.54) is 6.07 Å². The van der Waals surface area contributed by atoms with Gasteiger partial charge in [-0.1, -0.05) is 23.6 Å². The quantitative estimate of drug-likeness (QED) is 0.164. The van der Waals surface area contributed by atoms with Crippen molar-refractivity contribution in [3.05, 3.63) is 80.9 Å². The van der Waals surface area contributed by atoms with E-state index in [9.17, 15) is 14.3 Å². The third kappa shape index (κ3) is 4.91. The van der Waals surface area contributed by atoms with E-state index in [1.807, 2.05) is 18.3 Å². The Kier molecular flexibility index (Phi) is 7.23. The number of hydrogen-bond acceptors (Lipinski definition) is 9. The highest BCUT2D eigenvalue weighted by molar-refractivity contribution is 6.33. The Bertz CT molecular complexity index is 2370. The molecule has 6 aromatic rings. The van der Waals surface area contributed by atoms with E-state index < -0.39 is 17.3 Å². The van der Waals surface area contributed by atoms with Gasteiger partial charge < -0.3 is 24.6 Å². The number of H-pyrrole nitrogens is 1. The first-order valence-corrected chi connectivity index (χ1v) is 16.1. The van der Waals surface area contributed by atoms with Crippen molar-refractivity contribution in [1.82, 2.24) is 24.8 Å². The summed E-state index contributed by atoms with van der Waals surface area (Å²) in [4.78, 5) is 33.0. The maximum Gasteiger partial charge on any atom is 0.349 e. The first-order chi connectivity index (χ1) is 23.2. The highest BCUT2D eigenvalue weighted by atomic mass is 35.5. The molecule has 0 aliphatic carbocycles. The van der Waals surface area contributed by atoms with E-state index in [1.54, 1.807) is 31.3 Å². The first kappa shape index (κ1) is 30.2. The van der Waals surface area contributed by atoms with Crippen molar-refractivity contribution in [3.63, 3.8) is 0 Å². The number of anilines is 1. The Morgan fingerprint density at radius 1 is 1.29 bits per heavy atom. The minimum Gasteiger partial charge on any atom is -0.508 e. The number of alkyl halides is 1. The van der Waals surface area contributed by atoms with Crippen LogP contribution in [-0.2, 0) is 6.54 Å². The molecule has 0 amide bonds. The molecule has 12 heteroatoms. The molecule has 8 rings (SSSR count). The minimum absolute atomic E-state index is 0.0434. The molecule has 0 unspecified atom stereocenters. The number of rotatable bonds is 7. The van der Waals surface area contributed by atoms with Gasteiger partial charge in [0.2, 0.25) is 0 Å². The molecule has 2 saturated heterocycles. The second kappa shape index (κ2) is 11.5. The van der Waals surface area contributed by atoms with Gasteiger partial charge in [0.15, 0.2) is 0 Å². The van der Waals surface area contributed by atoms with Crippen LogP contribution in [0.4, 0.5) is 10.2 Å². The van der Waals surface area contributed by atoms with Crippen LogP contribution in [0.15, 0.2) is 58.0 Å². The first-order valence-electron chi connectivity index (χ1n) is 15.7. The van der Waals surface area contributed by atoms with E-state index in [0.29, 0.717) is 57.5 Å². The average Bonchev–Trinajstić information content (AvgIpc) is 3.76. The second-order valence-corrected chi connectivity index (χ2v) is 12.9. The van der Waals surface area contributed by atoms with Gasteiger partial charge in [-0.05, 0) is 67.6 Å². The van der Waals surface area contributed by atoms with E-state index in [0.717, 1.165) is 36.0 Å². The highest BCUT2D eigenvalue weighted by Crippen LogP contribution is 2.42. The third-order valence-electron chi connectivity index (χ3n) is 9.64. The maximum absolute atomic E-state index is 14.5. The summed E-state index contributed by atoms with van der Waals surface area (Å²) in [7, 11) is 0. The summed E-state index contributed by atoms with van der Waals surface area (Å²) in [5.74, 6) is 2.98. The van der Waals surface area contributed by atoms with Crippen molar-refractivity contribution in [1.29, 1.82) is 0 Å². The lowest BCUT2D eigenvalue weighted by Crippen LogP contribution is -2.43. The number of benzene rings is 2. The number of nitrogens with zero attached hydrogens (tertiary/aromatic N) is 4. The van der Waals surface area contributed by atoms with E-state index in [4.69, 9.17) is 32.2 Å². The van der Waals surface area contributed by atoms with Crippen molar-refractivity contribution >= 4 is 50.1 Å². The standard InChI is InChI=1S/C36H30ClFN6O4/c1-3-24-27(37)8-7-20-12-23(45)13-26(28(20)24)31-19(2)30-29(34(46)48-31)33(41-16-21-15-40-32-25(21)6-4-10-39-32)43-35(42-30)47-18-36-9-5-11-44(36)17-22(38)14-36/h1,4,6-8,10,12-13,15,22,45H,5,9,11,14,16-18H2,2H3,(H,39,40)(H,41,42,43)/t22-,36+/m1/s1. The van der Waals surface area contributed by atoms with Crippen LogP contribution >= 0.6 is 11.6 Å². The van der Waals surface area contributed by atoms with Crippen molar-refractivity contribution < 1.29 is 18.7 Å². The van der Waals surface area contributed by atoms with E-state index in [2.05, 4.69) is 31.1 Å². The zero-order chi connectivity index (χ0) is 33.2. The Morgan fingerprint density at radius 3 is 3.02 bits per heavy atom. The highest BCUT2D eigenvalue weighted by Gasteiger charge is 2.49. The predicted octanol–water partition coefficient (Wildman–Crippen LogP) is 6.50. The zero-order valence-corrected chi connectivity index (χ0v) is 26.7. The normalized spacial score (nSPS) is 19.2. The molecule has 2 atom stereocenters. The molecule has 10 nitrogen and oxygen atoms in total. The number of terminal acetylenes is 1. The van der Waals surface area contributed by atoms with Gasteiger partial charge in [-0.2, -0.15) is 9.97 Å². The number of pyridine rings is 1. The largest absolute Gasteiger partial charge is 0.508 e. The average molecular weight is 665 g/mol. The third-order valence-corrected chi connectivity index (χ3v) is 9.95. The lowest BCUT2D eigenvalue weighted by atomic mass is 9.95. The van der Waals surface area contributed by atoms with Gasteiger partial charge in [-0.3, -0.25) is 4.90 Å². The van der Waals surface area contributed by atoms with Gasteiger partial charge in [0.05, 0.1) is 21.6 Å². The number of halogens is 2. The van der Waals surface area contributed by atoms with Crippen LogP contribution in [0.1, 0.15) is 36.0 Å². The molecule has 3 N–H and O–H groups in total. The number of phenols is 1. The summed E-state index contributed by atoms with van der Waals surface area (Å²) < 4.78 is 26.8. The van der Waals surface area contributed by atoms with E-state index in [-0.39, 0.29) is 35.3 Å². The number of ether oxygens (including phenoxy) is 1. The number of aryl methyl sites for hydroxylation is 1. The Labute approximate surface area is 278 Å². The molecule has 2 aliphatic rings. The predicted molar refractivity (Wildman–Crippen MR) is 182 cm³/mol. The molecule has 6 heterocycles. The van der Waals surface area contributed by atoms with Gasteiger partial charge in [-0.15, -0.1) is 6.42 Å². The smallest absolute Gasteiger partial charge is 0.349 e. The molecule has 0 spiro atoms. The SMILES string of the molecule is C#Cc1c(Cl)ccc2cc(O)cc(-c3oc(=O)c4c(NCc5c[nH]c6ncccc56)nc(OC[C@@]56CCCN5C[C@H](F)C6)nc4c3C)c12. The number of aromatic amines is 1. The van der Waals surface area contributed by atoms with E-state index >= 15 is 0 Å². The van der Waals surface area contributed by atoms with Gasteiger partial charge in [0.1, 0.15) is 41.1 Å². The number of fused-ring (bicyclic) bond motifs is 4. The monoisotopic (exact) mass is 664 g/mol. The number of nitrogens with one attached hydrogen (secondary N) is 2. The van der Waals surface area contributed by atoms with Crippen molar-refractivity contribution in [2.75, 3.05) is 25.0 Å². The Balaban J connectivity index is 1.28. The molecule has 4 aromatic heterocycles. The lowest BCUT2D eigenvalue weighted by molar-refractivity contribution is 0.107. The maximum atomic E-state index is 14.5. The number of aromatic nitrogens is 4. The minimum atomic E-state index is -0.915. The molecule has 2 aliphatic heterocycles. The van der Waals surface area contributed by atoms with Gasteiger partial charge >= 0.3 is 11.6 Å². The topological polar surface area (TPSA) is 129 Å². The molecule has 2 aromatic carbocycles. The van der Waals surface area contributed by atoms with Gasteiger partial charge in [-0.25, -0.2) is 14.2 Å². The molecular weight excluding hydrogens is 635 g/mol. The van der Waals surface area contributed by atoms with Crippen LogP contribution in [0.25, 0.3) is 44.0 Å². The Hall–Kier alpha value is -5.18. The van der Waals surface area contributed by atoms with Crippen LogP contribution in [0.3, 0.4) is 0 Å². The van der Waals surface area contributed by atoms with Gasteiger partial charge in [0.25, 0.3) is 0 Å². The van der Waals surface area contributed by atoms with Crippen LogP contribution in [0, 0.1) is 19.3 Å². The number of phenolic OH excluding ortho intramolecular Hbond substituents is 1. The van der Waals surface area contributed by atoms with Gasteiger partial charge in [0, 0.05) is 53.8 Å². The van der Waals surface area contributed by atoms with Crippen LogP contribution in [0.5, 0.6) is 11.8 Å². The summed E-state index contributed by atoms with van der Waals surface area (Å²) in [6.07, 6.45) is 10.7. The molecule has 0 saturated carbocycles. The van der Waals surface area contributed by atoms with Crippen molar-refractivity contribution in [3.8, 4) is 35.4 Å². The molecular formula is C36H30ClFN6O4. The fourth-order valence-corrected chi connectivity index (χ4v) is 7.62. The molecule has 242 valence electrons. The van der Waals surface area contributed by atoms with Crippen LogP contribution < -0.4 is 15.7 Å². The number of hydrogen-bond donors (Lipinski definition) is 3. The second-order valence-electron chi connectivity index (χ2n) is 12.5. The lowest BCUT2D eigenvalue weighted by Gasteiger charge is -2.30. The van der Waals surface area contributed by atoms with Crippen LogP contribution in [-0.4, -0.2) is 61.3 Å². The molecule has 0 bridgehead atoms. The molecule has 48 heavy (non-hydrogen) atoms. The molecule has 0 radical (unpaired) electrons. The summed E-state index contributed by atoms with van der Waals surface area (Å²) >= 11 is 6.48. The molecule has 2 fully saturated rings. The Morgan fingerprint density at radius 2 is 2.17 bits per heavy atom. The zero-order valence-electron chi connectivity index (χ0n) is 25.9. The fraction of sp³-hybridized carbons (Fsp3) is 0.278. The summed E-state index contributed by atoms with van der Waals surface area (Å²) in [5.41, 5.74) is 2.11. The summed E-state index contributed by atoms with van der Waals surface area (Å²) in [6, 6.07) is 10.3. The summed E-state index contributed by atoms with van der Waals surface area (Å²) in [5, 5.41) is 16.5. The van der Waals surface area contributed by atoms with Crippen molar-refractivity contribution in [2.24, 2.45) is 0 Å². The summed E-state index contributed by atoms with van der Waals surface area (Å²) in [6.45, 7) is 3.49. The van der Waals surface area contributed by atoms with Crippen LogP contribution in [0.2, 0.25) is 5.02 Å². The van der Waals surface area contributed by atoms with Crippen molar-refractivity contribution in [2.45, 2.75) is 44.4 Å². The fourth-order valence-electron chi connectivity index (χ4n) is 7.41. The number of aromatic hydroxyl groups is 1.